The molecule has 0 amide bonds. The van der Waals surface area contributed by atoms with Crippen molar-refractivity contribution in [3.63, 3.8) is 0 Å². The normalized spacial score (nSPS) is 11.1. The van der Waals surface area contributed by atoms with E-state index >= 15 is 0 Å². The van der Waals surface area contributed by atoms with Crippen molar-refractivity contribution in [2.75, 3.05) is 12.9 Å². The van der Waals surface area contributed by atoms with E-state index in [1.54, 1.807) is 42.9 Å². The zero-order valence-corrected chi connectivity index (χ0v) is 16.5. The van der Waals surface area contributed by atoms with Gasteiger partial charge in [-0.05, 0) is 17.7 Å². The van der Waals surface area contributed by atoms with E-state index in [9.17, 15) is 14.4 Å². The van der Waals surface area contributed by atoms with Gasteiger partial charge in [-0.3, -0.25) is 18.7 Å². The third kappa shape index (κ3) is 3.65. The highest BCUT2D eigenvalue weighted by Crippen LogP contribution is 2.20. The van der Waals surface area contributed by atoms with Gasteiger partial charge in [0.15, 0.2) is 16.3 Å². The molecule has 3 rings (SSSR count). The van der Waals surface area contributed by atoms with Crippen molar-refractivity contribution in [1.82, 2.24) is 18.7 Å². The number of methoxy groups -OCH3 is 1. The van der Waals surface area contributed by atoms with Crippen LogP contribution in [0, 0.1) is 0 Å². The molecular formula is C17H17ClN4O4S. The SMILES string of the molecule is COC(=O)CSc1nc2c(c(=O)n(Cc3ccc(Cl)cc3)c(=O)n2C)n1C. The van der Waals surface area contributed by atoms with E-state index in [-0.39, 0.29) is 17.9 Å². The van der Waals surface area contributed by atoms with Crippen LogP contribution >= 0.6 is 23.4 Å². The lowest BCUT2D eigenvalue weighted by Crippen LogP contribution is -2.39. The molecule has 0 saturated carbocycles. The fraction of sp³-hybridized carbons (Fsp3) is 0.294. The van der Waals surface area contributed by atoms with E-state index in [4.69, 9.17) is 11.6 Å². The Morgan fingerprint density at radius 2 is 1.85 bits per heavy atom. The molecule has 0 radical (unpaired) electrons. The van der Waals surface area contributed by atoms with Gasteiger partial charge in [-0.1, -0.05) is 35.5 Å². The van der Waals surface area contributed by atoms with Crippen molar-refractivity contribution in [3.8, 4) is 0 Å². The van der Waals surface area contributed by atoms with Gasteiger partial charge in [0.25, 0.3) is 5.56 Å². The number of carbonyl (C=O) groups is 1. The summed E-state index contributed by atoms with van der Waals surface area (Å²) in [6, 6.07) is 6.94. The summed E-state index contributed by atoms with van der Waals surface area (Å²) in [5.41, 5.74) is 0.430. The zero-order chi connectivity index (χ0) is 19.7. The Morgan fingerprint density at radius 3 is 2.48 bits per heavy atom. The van der Waals surface area contributed by atoms with Gasteiger partial charge in [0, 0.05) is 19.1 Å². The molecule has 0 aliphatic heterocycles. The van der Waals surface area contributed by atoms with Crippen molar-refractivity contribution in [1.29, 1.82) is 0 Å². The van der Waals surface area contributed by atoms with Crippen LogP contribution in [0.2, 0.25) is 5.02 Å². The second kappa shape index (κ2) is 7.61. The molecule has 3 aromatic rings. The minimum Gasteiger partial charge on any atom is -0.468 e. The second-order valence-corrected chi connectivity index (χ2v) is 7.23. The Balaban J connectivity index is 2.10. The first kappa shape index (κ1) is 19.2. The van der Waals surface area contributed by atoms with Gasteiger partial charge in [-0.15, -0.1) is 0 Å². The quantitative estimate of drug-likeness (QED) is 0.468. The number of fused-ring (bicyclic) bond motifs is 1. The average molecular weight is 409 g/mol. The summed E-state index contributed by atoms with van der Waals surface area (Å²) >= 11 is 7.02. The molecule has 2 heterocycles. The Hall–Kier alpha value is -2.52. The summed E-state index contributed by atoms with van der Waals surface area (Å²) in [4.78, 5) is 41.4. The molecule has 0 N–H and O–H groups in total. The first-order valence-corrected chi connectivity index (χ1v) is 9.30. The molecule has 0 bridgehead atoms. The van der Waals surface area contributed by atoms with Gasteiger partial charge in [0.2, 0.25) is 0 Å². The van der Waals surface area contributed by atoms with Crippen LogP contribution < -0.4 is 11.2 Å². The van der Waals surface area contributed by atoms with E-state index in [0.717, 1.165) is 21.9 Å². The van der Waals surface area contributed by atoms with E-state index in [1.807, 2.05) is 0 Å². The highest BCUT2D eigenvalue weighted by Gasteiger charge is 2.19. The van der Waals surface area contributed by atoms with Gasteiger partial charge in [0.05, 0.1) is 19.4 Å². The summed E-state index contributed by atoms with van der Waals surface area (Å²) in [6.07, 6.45) is 0. The summed E-state index contributed by atoms with van der Waals surface area (Å²) in [5.74, 6) is -0.346. The lowest BCUT2D eigenvalue weighted by molar-refractivity contribution is -0.137. The standard InChI is InChI=1S/C17H17ClN4O4S/c1-20-13-14(19-16(20)27-9-12(23)26-3)21(2)17(25)22(15(13)24)8-10-4-6-11(18)7-5-10/h4-7H,8-9H2,1-3H3. The Labute approximate surface area is 163 Å². The number of ether oxygens (including phenoxy) is 1. The number of thioether (sulfide) groups is 1. The first-order valence-electron chi connectivity index (χ1n) is 7.93. The van der Waals surface area contributed by atoms with Crippen molar-refractivity contribution in [2.45, 2.75) is 11.7 Å². The van der Waals surface area contributed by atoms with Gasteiger partial charge in [-0.25, -0.2) is 9.78 Å². The molecule has 0 saturated heterocycles. The number of nitrogens with zero attached hydrogens (tertiary/aromatic N) is 4. The topological polar surface area (TPSA) is 88.1 Å². The highest BCUT2D eigenvalue weighted by atomic mass is 35.5. The van der Waals surface area contributed by atoms with E-state index in [1.165, 1.54) is 11.7 Å². The highest BCUT2D eigenvalue weighted by molar-refractivity contribution is 7.99. The van der Waals surface area contributed by atoms with Crippen molar-refractivity contribution < 1.29 is 9.53 Å². The molecule has 142 valence electrons. The summed E-state index contributed by atoms with van der Waals surface area (Å²) in [5, 5.41) is 1.03. The molecule has 10 heteroatoms. The van der Waals surface area contributed by atoms with Crippen LogP contribution in [0.5, 0.6) is 0 Å². The average Bonchev–Trinajstić information content (AvgIpc) is 2.99. The molecule has 1 aromatic carbocycles. The van der Waals surface area contributed by atoms with Crippen molar-refractivity contribution in [2.24, 2.45) is 14.1 Å². The zero-order valence-electron chi connectivity index (χ0n) is 14.9. The molecule has 0 aliphatic rings. The summed E-state index contributed by atoms with van der Waals surface area (Å²) < 4.78 is 8.69. The number of hydrogen-bond acceptors (Lipinski definition) is 6. The number of rotatable bonds is 5. The fourth-order valence-corrected chi connectivity index (χ4v) is 3.57. The van der Waals surface area contributed by atoms with Crippen LogP contribution in [-0.4, -0.2) is 37.5 Å². The molecule has 0 aliphatic carbocycles. The number of hydrogen-bond donors (Lipinski definition) is 0. The lowest BCUT2D eigenvalue weighted by atomic mass is 10.2. The third-order valence-electron chi connectivity index (χ3n) is 4.12. The minimum atomic E-state index is -0.468. The number of imidazole rings is 1. The largest absolute Gasteiger partial charge is 0.468 e. The molecular weight excluding hydrogens is 392 g/mol. The van der Waals surface area contributed by atoms with Crippen molar-refractivity contribution >= 4 is 40.5 Å². The van der Waals surface area contributed by atoms with E-state index < -0.39 is 17.2 Å². The van der Waals surface area contributed by atoms with Gasteiger partial charge in [-0.2, -0.15) is 0 Å². The predicted molar refractivity (Wildman–Crippen MR) is 104 cm³/mol. The Kier molecular flexibility index (Phi) is 5.43. The molecule has 0 spiro atoms. The number of benzene rings is 1. The minimum absolute atomic E-state index is 0.0561. The Morgan fingerprint density at radius 1 is 1.19 bits per heavy atom. The van der Waals surface area contributed by atoms with Crippen LogP contribution in [0.1, 0.15) is 5.56 Å². The molecule has 27 heavy (non-hydrogen) atoms. The number of carbonyl (C=O) groups excluding carboxylic acids is 1. The number of aromatic nitrogens is 4. The molecule has 0 fully saturated rings. The molecule has 0 atom stereocenters. The third-order valence-corrected chi connectivity index (χ3v) is 5.38. The second-order valence-electron chi connectivity index (χ2n) is 5.85. The fourth-order valence-electron chi connectivity index (χ4n) is 2.65. The van der Waals surface area contributed by atoms with Crippen LogP contribution in [0.4, 0.5) is 0 Å². The van der Waals surface area contributed by atoms with E-state index in [2.05, 4.69) is 9.72 Å². The number of halogens is 1. The predicted octanol–water partition coefficient (Wildman–Crippen LogP) is 1.40. The monoisotopic (exact) mass is 408 g/mol. The maximum atomic E-state index is 13.0. The summed E-state index contributed by atoms with van der Waals surface area (Å²) in [6.45, 7) is 0.119. The van der Waals surface area contributed by atoms with Crippen LogP contribution in [0.3, 0.4) is 0 Å². The number of aryl methyl sites for hydroxylation is 2. The van der Waals surface area contributed by atoms with Crippen molar-refractivity contribution in [3.05, 3.63) is 55.7 Å². The Bertz CT molecular complexity index is 1130. The maximum absolute atomic E-state index is 13.0. The number of esters is 1. The van der Waals surface area contributed by atoms with Gasteiger partial charge >= 0.3 is 11.7 Å². The van der Waals surface area contributed by atoms with Crippen LogP contribution in [0.15, 0.2) is 39.0 Å². The molecule has 0 unspecified atom stereocenters. The van der Waals surface area contributed by atoms with E-state index in [0.29, 0.717) is 15.7 Å². The molecule has 2 aromatic heterocycles. The molecule has 8 nitrogen and oxygen atoms in total. The van der Waals surface area contributed by atoms with Gasteiger partial charge in [0.1, 0.15) is 0 Å². The first-order chi connectivity index (χ1) is 12.8. The lowest BCUT2D eigenvalue weighted by Gasteiger charge is -2.09. The maximum Gasteiger partial charge on any atom is 0.332 e. The smallest absolute Gasteiger partial charge is 0.332 e. The summed E-state index contributed by atoms with van der Waals surface area (Å²) in [7, 11) is 4.54. The van der Waals surface area contributed by atoms with Crippen LogP contribution in [0.25, 0.3) is 11.2 Å². The van der Waals surface area contributed by atoms with Crippen LogP contribution in [-0.2, 0) is 30.2 Å². The van der Waals surface area contributed by atoms with Gasteiger partial charge < -0.3 is 9.30 Å².